The van der Waals surface area contributed by atoms with Crippen LogP contribution in [0.15, 0.2) is 47.1 Å². The van der Waals surface area contributed by atoms with Crippen molar-refractivity contribution in [1.29, 1.82) is 0 Å². The highest BCUT2D eigenvalue weighted by atomic mass is 14.5. The Kier molecular flexibility index (Phi) is 7.02. The third kappa shape index (κ3) is 5.36. The summed E-state index contributed by atoms with van der Waals surface area (Å²) in [7, 11) is 0. The molecule has 0 heteroatoms. The molecular weight excluding hydrogens is 348 g/mol. The van der Waals surface area contributed by atoms with Crippen molar-refractivity contribution < 1.29 is 0 Å². The number of unbranched alkanes of at least 4 members (excludes halogenated alkanes) is 1. The smallest absolute Gasteiger partial charge is 0.00507 e. The predicted molar refractivity (Wildman–Crippen MR) is 129 cm³/mol. The van der Waals surface area contributed by atoms with Crippen LogP contribution in [-0.2, 0) is 0 Å². The topological polar surface area (TPSA) is 0 Å². The van der Waals surface area contributed by atoms with Crippen LogP contribution in [0.4, 0.5) is 0 Å². The van der Waals surface area contributed by atoms with Gasteiger partial charge >= 0.3 is 0 Å². The average Bonchev–Trinajstić information content (AvgIpc) is 2.97. The lowest BCUT2D eigenvalue weighted by molar-refractivity contribution is 0.245. The first kappa shape index (κ1) is 22.6. The fourth-order valence-corrected chi connectivity index (χ4v) is 6.31. The van der Waals surface area contributed by atoms with Crippen LogP contribution in [0.25, 0.3) is 0 Å². The zero-order chi connectivity index (χ0) is 21.2. The van der Waals surface area contributed by atoms with Gasteiger partial charge in [0.25, 0.3) is 0 Å². The Morgan fingerprint density at radius 2 is 1.76 bits per heavy atom. The molecule has 162 valence electrons. The van der Waals surface area contributed by atoms with Crippen molar-refractivity contribution in [2.24, 2.45) is 28.6 Å². The molecule has 0 heterocycles. The molecule has 4 atom stereocenters. The first-order valence-corrected chi connectivity index (χ1v) is 12.4. The summed E-state index contributed by atoms with van der Waals surface area (Å²) in [6.45, 7) is 18.7. The molecule has 0 aromatic heterocycles. The van der Waals surface area contributed by atoms with Crippen LogP contribution in [0, 0.1) is 28.6 Å². The summed E-state index contributed by atoms with van der Waals surface area (Å²) in [6, 6.07) is 0. The van der Waals surface area contributed by atoms with Crippen molar-refractivity contribution in [1.82, 2.24) is 0 Å². The van der Waals surface area contributed by atoms with Gasteiger partial charge in [-0.05, 0) is 92.8 Å². The number of hydrogen-bond donors (Lipinski definition) is 0. The first-order valence-electron chi connectivity index (χ1n) is 12.4. The molecule has 29 heavy (non-hydrogen) atoms. The normalized spacial score (nSPS) is 36.0. The highest BCUT2D eigenvalue weighted by Gasteiger charge is 2.45. The number of fused-ring (bicyclic) bond motifs is 1. The summed E-state index contributed by atoms with van der Waals surface area (Å²) >= 11 is 0. The van der Waals surface area contributed by atoms with E-state index in [1.807, 2.05) is 0 Å². The van der Waals surface area contributed by atoms with Gasteiger partial charge in [0, 0.05) is 0 Å². The van der Waals surface area contributed by atoms with Crippen molar-refractivity contribution in [2.45, 2.75) is 106 Å². The minimum atomic E-state index is 0.436. The molecule has 3 rings (SSSR count). The summed E-state index contributed by atoms with van der Waals surface area (Å²) in [5.41, 5.74) is 7.53. The molecule has 0 aliphatic heterocycles. The third-order valence-electron chi connectivity index (χ3n) is 8.27. The summed E-state index contributed by atoms with van der Waals surface area (Å²) in [5, 5.41) is 0. The maximum atomic E-state index is 4.32. The third-order valence-corrected chi connectivity index (χ3v) is 8.27. The Hall–Kier alpha value is -1.04. The Balaban J connectivity index is 1.69. The lowest BCUT2D eigenvalue weighted by atomic mass is 9.65. The average molecular weight is 395 g/mol. The van der Waals surface area contributed by atoms with Gasteiger partial charge in [0.15, 0.2) is 0 Å². The van der Waals surface area contributed by atoms with Gasteiger partial charge in [0.05, 0.1) is 0 Å². The van der Waals surface area contributed by atoms with Gasteiger partial charge in [-0.15, -0.1) is 0 Å². The maximum Gasteiger partial charge on any atom is -0.00507 e. The zero-order valence-electron chi connectivity index (χ0n) is 20.2. The van der Waals surface area contributed by atoms with Gasteiger partial charge in [-0.3, -0.25) is 0 Å². The monoisotopic (exact) mass is 394 g/mol. The lowest BCUT2D eigenvalue weighted by Gasteiger charge is -2.39. The molecular formula is C29H46. The van der Waals surface area contributed by atoms with E-state index < -0.39 is 0 Å². The Bertz CT molecular complexity index is 676. The number of allylic oxidation sites excluding steroid dienone is 7. The van der Waals surface area contributed by atoms with Crippen LogP contribution < -0.4 is 0 Å². The summed E-state index contributed by atoms with van der Waals surface area (Å²) < 4.78 is 0. The lowest BCUT2D eigenvalue weighted by Crippen LogP contribution is -2.29. The van der Waals surface area contributed by atoms with Crippen LogP contribution >= 0.6 is 0 Å². The molecule has 3 saturated carbocycles. The number of hydrogen-bond acceptors (Lipinski definition) is 0. The van der Waals surface area contributed by atoms with E-state index in [1.54, 1.807) is 16.7 Å². The standard InChI is InChI=1S/C29H46/c1-21-19-24(20-22(2)23(21)3)13-14-25-11-10-18-29(7)26(15-16-27(25)29)12-8-9-17-28(4,5)6/h12-14,21-22,27H,3,8-11,15-20H2,1-2,4-7H3/b25-14+,26-12-/t21-,22-,27+,29-/m1/s1. The second-order valence-corrected chi connectivity index (χ2v) is 11.9. The molecule has 0 bridgehead atoms. The van der Waals surface area contributed by atoms with E-state index in [-0.39, 0.29) is 0 Å². The molecule has 0 spiro atoms. The van der Waals surface area contributed by atoms with Crippen molar-refractivity contribution in [3.05, 3.63) is 47.1 Å². The predicted octanol–water partition coefficient (Wildman–Crippen LogP) is 9.20. The van der Waals surface area contributed by atoms with Gasteiger partial charge in [-0.2, -0.15) is 0 Å². The highest BCUT2D eigenvalue weighted by molar-refractivity contribution is 5.33. The minimum absolute atomic E-state index is 0.436. The Morgan fingerprint density at radius 3 is 2.41 bits per heavy atom. The highest BCUT2D eigenvalue weighted by Crippen LogP contribution is 2.57. The van der Waals surface area contributed by atoms with Gasteiger partial charge in [0.1, 0.15) is 0 Å². The zero-order valence-corrected chi connectivity index (χ0v) is 20.2. The minimum Gasteiger partial charge on any atom is -0.0993 e. The van der Waals surface area contributed by atoms with Gasteiger partial charge in [-0.1, -0.05) is 88.6 Å². The Labute approximate surface area is 181 Å². The second kappa shape index (κ2) is 8.99. The summed E-state index contributed by atoms with van der Waals surface area (Å²) in [4.78, 5) is 0. The van der Waals surface area contributed by atoms with E-state index in [2.05, 4.69) is 66.3 Å². The first-order chi connectivity index (χ1) is 13.6. The largest absolute Gasteiger partial charge is 0.0993 e. The molecule has 0 saturated heterocycles. The fraction of sp³-hybridized carbons (Fsp3) is 0.724. The van der Waals surface area contributed by atoms with E-state index in [4.69, 9.17) is 0 Å². The molecule has 0 aromatic carbocycles. The SMILES string of the molecule is C=C1[C@H](C)CC(=C/C=C2\CCC[C@]3(C)/C(=C\CCCC(C)(C)C)CC[C@@H]23)C[C@H]1C. The van der Waals surface area contributed by atoms with E-state index in [0.717, 1.165) is 5.92 Å². The molecule has 0 radical (unpaired) electrons. The maximum absolute atomic E-state index is 4.32. The Morgan fingerprint density at radius 1 is 1.07 bits per heavy atom. The van der Waals surface area contributed by atoms with Crippen LogP contribution in [0.5, 0.6) is 0 Å². The van der Waals surface area contributed by atoms with E-state index in [1.165, 1.54) is 69.8 Å². The molecule has 0 aromatic rings. The van der Waals surface area contributed by atoms with Crippen molar-refractivity contribution >= 4 is 0 Å². The van der Waals surface area contributed by atoms with Crippen molar-refractivity contribution in [3.8, 4) is 0 Å². The van der Waals surface area contributed by atoms with Crippen molar-refractivity contribution in [2.75, 3.05) is 0 Å². The van der Waals surface area contributed by atoms with Crippen molar-refractivity contribution in [3.63, 3.8) is 0 Å². The summed E-state index contributed by atoms with van der Waals surface area (Å²) in [5.74, 6) is 2.08. The van der Waals surface area contributed by atoms with Crippen LogP contribution in [-0.4, -0.2) is 0 Å². The molecule has 0 N–H and O–H groups in total. The molecule has 0 nitrogen and oxygen atoms in total. The van der Waals surface area contributed by atoms with Gasteiger partial charge in [0.2, 0.25) is 0 Å². The molecule has 0 unspecified atom stereocenters. The molecule has 3 fully saturated rings. The van der Waals surface area contributed by atoms with Gasteiger partial charge < -0.3 is 0 Å². The van der Waals surface area contributed by atoms with Crippen LogP contribution in [0.2, 0.25) is 0 Å². The molecule has 0 amide bonds. The van der Waals surface area contributed by atoms with Crippen LogP contribution in [0.3, 0.4) is 0 Å². The fourth-order valence-electron chi connectivity index (χ4n) is 6.31. The van der Waals surface area contributed by atoms with E-state index >= 15 is 0 Å². The number of rotatable bonds is 4. The quantitative estimate of drug-likeness (QED) is 0.329. The second-order valence-electron chi connectivity index (χ2n) is 11.9. The molecule has 3 aliphatic carbocycles. The van der Waals surface area contributed by atoms with E-state index in [0.29, 0.717) is 22.7 Å². The van der Waals surface area contributed by atoms with Gasteiger partial charge in [-0.25, -0.2) is 0 Å². The van der Waals surface area contributed by atoms with E-state index in [9.17, 15) is 0 Å². The molecule has 3 aliphatic rings. The summed E-state index contributed by atoms with van der Waals surface area (Å²) in [6.07, 6.45) is 20.9. The van der Waals surface area contributed by atoms with Crippen LogP contribution in [0.1, 0.15) is 106 Å².